The lowest BCUT2D eigenvalue weighted by Gasteiger charge is -2.33. The van der Waals surface area contributed by atoms with Gasteiger partial charge in [0.1, 0.15) is 5.78 Å². The summed E-state index contributed by atoms with van der Waals surface area (Å²) in [5.74, 6) is 1.32. The van der Waals surface area contributed by atoms with Crippen molar-refractivity contribution in [3.8, 4) is 0 Å². The molecule has 2 aliphatic heterocycles. The fourth-order valence-corrected chi connectivity index (χ4v) is 10.6. The summed E-state index contributed by atoms with van der Waals surface area (Å²) in [6.45, 7) is 27.0. The number of nitrogens with one attached hydrogen (secondary N) is 2. The monoisotopic (exact) mass is 937 g/mol. The SMILES string of the molecule is CCCCCn1c2ccccc2c2cc(C(=O)NCC3CCN(CC(=O)CC(C)(C)C)C3)ccc21.CCCCCn1c2ccccc2c2cc(C(=O)NCC3CCN(CCC(C)(C)C)CC3)ccc21. The summed E-state index contributed by atoms with van der Waals surface area (Å²) in [4.78, 5) is 43.2. The summed E-state index contributed by atoms with van der Waals surface area (Å²) in [5, 5.41) is 11.2. The van der Waals surface area contributed by atoms with Crippen molar-refractivity contribution in [3.05, 3.63) is 96.1 Å². The lowest BCUT2D eigenvalue weighted by atomic mass is 9.90. The number of aryl methyl sites for hydroxylation is 2. The molecule has 69 heavy (non-hydrogen) atoms. The summed E-state index contributed by atoms with van der Waals surface area (Å²) in [6, 6.07) is 29.4. The fraction of sp³-hybridized carbons (Fsp3) is 0.550. The Labute approximate surface area is 413 Å². The predicted octanol–water partition coefficient (Wildman–Crippen LogP) is 12.9. The first kappa shape index (κ1) is 51.8. The molecule has 0 spiro atoms. The first-order chi connectivity index (χ1) is 33.1. The zero-order valence-electron chi connectivity index (χ0n) is 43.6. The van der Waals surface area contributed by atoms with Crippen molar-refractivity contribution in [1.29, 1.82) is 0 Å². The van der Waals surface area contributed by atoms with Crippen LogP contribution in [0.1, 0.15) is 147 Å². The molecule has 372 valence electrons. The van der Waals surface area contributed by atoms with E-state index in [0.29, 0.717) is 48.1 Å². The second kappa shape index (κ2) is 23.7. The second-order valence-electron chi connectivity index (χ2n) is 22.9. The Kier molecular flexibility index (Phi) is 17.8. The maximum absolute atomic E-state index is 13.0. The van der Waals surface area contributed by atoms with Crippen LogP contribution in [0.15, 0.2) is 84.9 Å². The highest BCUT2D eigenvalue weighted by Gasteiger charge is 2.27. The van der Waals surface area contributed by atoms with Gasteiger partial charge in [0.05, 0.1) is 6.54 Å². The Bertz CT molecular complexity index is 2650. The van der Waals surface area contributed by atoms with Gasteiger partial charge in [-0.2, -0.15) is 0 Å². The van der Waals surface area contributed by atoms with Crippen LogP contribution in [0.2, 0.25) is 0 Å². The quantitative estimate of drug-likeness (QED) is 0.0790. The largest absolute Gasteiger partial charge is 0.352 e. The number of benzene rings is 4. The van der Waals surface area contributed by atoms with E-state index in [0.717, 1.165) is 69.6 Å². The van der Waals surface area contributed by atoms with Gasteiger partial charge in [0.2, 0.25) is 0 Å². The molecule has 9 heteroatoms. The summed E-state index contributed by atoms with van der Waals surface area (Å²) in [6.07, 6.45) is 12.5. The molecule has 2 N–H and O–H groups in total. The van der Waals surface area contributed by atoms with Crippen molar-refractivity contribution in [3.63, 3.8) is 0 Å². The van der Waals surface area contributed by atoms with Gasteiger partial charge in [-0.3, -0.25) is 19.3 Å². The van der Waals surface area contributed by atoms with E-state index >= 15 is 0 Å². The number of hydrogen-bond donors (Lipinski definition) is 2. The van der Waals surface area contributed by atoms with E-state index in [1.807, 2.05) is 12.1 Å². The number of hydrogen-bond acceptors (Lipinski definition) is 5. The number of rotatable bonds is 19. The summed E-state index contributed by atoms with van der Waals surface area (Å²) < 4.78 is 4.82. The molecule has 4 heterocycles. The van der Waals surface area contributed by atoms with E-state index in [1.54, 1.807) is 0 Å². The van der Waals surface area contributed by atoms with Gasteiger partial charge >= 0.3 is 0 Å². The minimum atomic E-state index is -0.0167. The number of aromatic nitrogens is 2. The van der Waals surface area contributed by atoms with E-state index in [4.69, 9.17) is 0 Å². The van der Waals surface area contributed by atoms with E-state index < -0.39 is 0 Å². The number of carbonyl (C=O) groups excluding carboxylic acids is 3. The molecular weight excluding hydrogens is 853 g/mol. The third kappa shape index (κ3) is 14.1. The van der Waals surface area contributed by atoms with Gasteiger partial charge in [0, 0.05) is 93.9 Å². The molecule has 6 aromatic rings. The fourth-order valence-electron chi connectivity index (χ4n) is 10.6. The summed E-state index contributed by atoms with van der Waals surface area (Å²) in [5.41, 5.74) is 6.85. The van der Waals surface area contributed by atoms with E-state index in [1.165, 1.54) is 96.1 Å². The van der Waals surface area contributed by atoms with E-state index in [-0.39, 0.29) is 17.2 Å². The highest BCUT2D eigenvalue weighted by Crippen LogP contribution is 2.32. The van der Waals surface area contributed by atoms with Crippen LogP contribution in [0.5, 0.6) is 0 Å². The van der Waals surface area contributed by atoms with Crippen LogP contribution in [0, 0.1) is 22.7 Å². The molecule has 4 aromatic carbocycles. The van der Waals surface area contributed by atoms with Crippen LogP contribution < -0.4 is 10.6 Å². The molecule has 2 amide bonds. The minimum Gasteiger partial charge on any atom is -0.352 e. The van der Waals surface area contributed by atoms with Crippen LogP contribution in [-0.4, -0.2) is 88.9 Å². The summed E-state index contributed by atoms with van der Waals surface area (Å²) >= 11 is 0. The minimum absolute atomic E-state index is 0.0167. The molecule has 2 saturated heterocycles. The number of amides is 2. The van der Waals surface area contributed by atoms with Gasteiger partial charge in [-0.1, -0.05) is 117 Å². The zero-order valence-corrected chi connectivity index (χ0v) is 43.6. The smallest absolute Gasteiger partial charge is 0.251 e. The molecule has 9 nitrogen and oxygen atoms in total. The molecule has 0 bridgehead atoms. The Morgan fingerprint density at radius 1 is 0.536 bits per heavy atom. The standard InChI is InChI=1S/C30H41N3O2.C30H43N3O/c1-5-6-9-15-33-27-11-8-7-10-25(27)26-17-23(12-13-28(26)33)29(35)31-19-22-14-16-32(20-22)21-24(34)18-30(2,3)4;1-5-6-9-17-33-27-11-8-7-10-25(27)26-21-24(12-13-28(26)33)29(34)31-22-23-14-18-32(19-15-23)20-16-30(2,3)4/h7-8,10-13,17,22H,5-6,9,14-16,18-21H2,1-4H3,(H,31,35);7-8,10-13,21,23H,5-6,9,14-20,22H2,1-4H3,(H,31,34). The van der Waals surface area contributed by atoms with Crippen molar-refractivity contribution in [1.82, 2.24) is 29.6 Å². The highest BCUT2D eigenvalue weighted by atomic mass is 16.2. The van der Waals surface area contributed by atoms with Gasteiger partial charge in [-0.25, -0.2) is 0 Å². The number of likely N-dealkylation sites (tertiary alicyclic amines) is 2. The van der Waals surface area contributed by atoms with Crippen LogP contribution in [-0.2, 0) is 17.9 Å². The molecule has 2 aliphatic rings. The lowest BCUT2D eigenvalue weighted by Crippen LogP contribution is -2.39. The Morgan fingerprint density at radius 3 is 1.49 bits per heavy atom. The van der Waals surface area contributed by atoms with Crippen LogP contribution in [0.25, 0.3) is 43.6 Å². The van der Waals surface area contributed by atoms with Crippen LogP contribution >= 0.6 is 0 Å². The van der Waals surface area contributed by atoms with E-state index in [9.17, 15) is 14.4 Å². The van der Waals surface area contributed by atoms with Gasteiger partial charge < -0.3 is 24.7 Å². The molecule has 1 atom stereocenters. The predicted molar refractivity (Wildman–Crippen MR) is 289 cm³/mol. The maximum Gasteiger partial charge on any atom is 0.251 e. The highest BCUT2D eigenvalue weighted by molar-refractivity contribution is 6.11. The zero-order chi connectivity index (χ0) is 49.1. The molecule has 0 radical (unpaired) electrons. The molecule has 2 fully saturated rings. The number of fused-ring (bicyclic) bond motifs is 6. The average Bonchev–Trinajstić information content (AvgIpc) is 4.01. The van der Waals surface area contributed by atoms with Crippen LogP contribution in [0.3, 0.4) is 0 Å². The second-order valence-corrected chi connectivity index (χ2v) is 22.9. The van der Waals surface area contributed by atoms with Crippen molar-refractivity contribution in [2.45, 2.75) is 139 Å². The van der Waals surface area contributed by atoms with Gasteiger partial charge in [0.25, 0.3) is 11.8 Å². The molecule has 2 aromatic heterocycles. The molecule has 0 aliphatic carbocycles. The van der Waals surface area contributed by atoms with Crippen LogP contribution in [0.4, 0.5) is 0 Å². The third-order valence-corrected chi connectivity index (χ3v) is 14.5. The first-order valence-corrected chi connectivity index (χ1v) is 26.7. The number of ketones is 1. The van der Waals surface area contributed by atoms with Gasteiger partial charge in [-0.05, 0) is 136 Å². The molecule has 1 unspecified atom stereocenters. The number of piperidine rings is 1. The number of carbonyl (C=O) groups is 3. The Balaban J connectivity index is 0.000000204. The molecule has 0 saturated carbocycles. The van der Waals surface area contributed by atoms with Crippen molar-refractivity contribution in [2.75, 3.05) is 52.4 Å². The van der Waals surface area contributed by atoms with Gasteiger partial charge in [0.15, 0.2) is 0 Å². The topological polar surface area (TPSA) is 91.6 Å². The molecule has 8 rings (SSSR count). The first-order valence-electron chi connectivity index (χ1n) is 26.7. The maximum atomic E-state index is 13.0. The number of para-hydroxylation sites is 2. The van der Waals surface area contributed by atoms with Crippen molar-refractivity contribution in [2.24, 2.45) is 22.7 Å². The number of Topliss-reactive ketones (excluding diaryl/α,β-unsaturated/α-hetero) is 1. The third-order valence-electron chi connectivity index (χ3n) is 14.5. The Morgan fingerprint density at radius 2 is 1.00 bits per heavy atom. The van der Waals surface area contributed by atoms with Crippen molar-refractivity contribution >= 4 is 61.2 Å². The average molecular weight is 937 g/mol. The normalized spacial score (nSPS) is 16.4. The Hall–Kier alpha value is -4.99. The lowest BCUT2D eigenvalue weighted by molar-refractivity contribution is -0.121. The van der Waals surface area contributed by atoms with Crippen molar-refractivity contribution < 1.29 is 14.4 Å². The summed E-state index contributed by atoms with van der Waals surface area (Å²) in [7, 11) is 0. The van der Waals surface area contributed by atoms with Gasteiger partial charge in [-0.15, -0.1) is 0 Å². The number of nitrogens with zero attached hydrogens (tertiary/aromatic N) is 4. The number of unbranched alkanes of at least 4 members (excludes halogenated alkanes) is 4. The molecular formula is C60H84N6O3. The van der Waals surface area contributed by atoms with E-state index in [2.05, 4.69) is 158 Å².